The molecule has 0 atom stereocenters. The van der Waals surface area contributed by atoms with Crippen LogP contribution >= 0.6 is 0 Å². The van der Waals surface area contributed by atoms with Gasteiger partial charge < -0.3 is 23.8 Å². The number of rotatable bonds is 5. The number of nitrogens with zero attached hydrogens (tertiary/aromatic N) is 5. The van der Waals surface area contributed by atoms with Crippen LogP contribution in [0, 0.1) is 17.2 Å². The molecule has 3 aromatic rings. The molecule has 0 saturated heterocycles. The summed E-state index contributed by atoms with van der Waals surface area (Å²) in [6.07, 6.45) is -0.868. The number of para-hydroxylation sites is 1. The molecule has 1 aliphatic carbocycles. The van der Waals surface area contributed by atoms with Gasteiger partial charge >= 0.3 is 6.29 Å². The molecule has 0 radical (unpaired) electrons. The van der Waals surface area contributed by atoms with Gasteiger partial charge in [0.1, 0.15) is 22.9 Å². The van der Waals surface area contributed by atoms with E-state index < -0.39 is 11.9 Å². The fourth-order valence-corrected chi connectivity index (χ4v) is 5.28. The molecule has 3 heterocycles. The van der Waals surface area contributed by atoms with Gasteiger partial charge in [-0.25, -0.2) is 4.98 Å². The Morgan fingerprint density at radius 3 is 2.60 bits per heavy atom. The largest absolute Gasteiger partial charge is 0.586 e. The molecule has 0 N–H and O–H groups in total. The van der Waals surface area contributed by atoms with Crippen molar-refractivity contribution in [3.63, 3.8) is 0 Å². The number of aromatic nitrogens is 2. The maximum Gasteiger partial charge on any atom is 0.586 e. The maximum atomic E-state index is 13.9. The van der Waals surface area contributed by atoms with E-state index in [-0.39, 0.29) is 34.7 Å². The Kier molecular flexibility index (Phi) is 6.90. The average molecular weight is 552 g/mol. The van der Waals surface area contributed by atoms with Gasteiger partial charge in [-0.2, -0.15) is 5.26 Å². The van der Waals surface area contributed by atoms with Crippen molar-refractivity contribution in [3.05, 3.63) is 58.0 Å². The van der Waals surface area contributed by atoms with Crippen molar-refractivity contribution in [1.82, 2.24) is 9.55 Å². The van der Waals surface area contributed by atoms with Crippen LogP contribution in [0.2, 0.25) is 0 Å². The topological polar surface area (TPSA) is 102 Å². The Hall–Kier alpha value is -4.20. The van der Waals surface area contributed by atoms with E-state index in [9.17, 15) is 18.8 Å². The highest BCUT2D eigenvalue weighted by molar-refractivity contribution is 6.05. The molecular weight excluding hydrogens is 520 g/mol. The van der Waals surface area contributed by atoms with Crippen LogP contribution in [0.1, 0.15) is 57.7 Å². The molecule has 11 heteroatoms. The fraction of sp³-hybridized carbons (Fsp3) is 0.448. The fourth-order valence-electron chi connectivity index (χ4n) is 5.28. The highest BCUT2D eigenvalue weighted by Crippen LogP contribution is 2.45. The first-order valence-electron chi connectivity index (χ1n) is 13.2. The molecule has 210 valence electrons. The molecule has 5 rings (SSSR count). The van der Waals surface area contributed by atoms with Crippen LogP contribution in [-0.4, -0.2) is 40.2 Å². The Morgan fingerprint density at radius 1 is 1.20 bits per heavy atom. The average Bonchev–Trinajstić information content (AvgIpc) is 3.24. The van der Waals surface area contributed by atoms with Gasteiger partial charge in [0.15, 0.2) is 11.5 Å². The quantitative estimate of drug-likeness (QED) is 0.312. The number of benzene rings is 1. The number of aryl methyl sites for hydroxylation is 1. The molecule has 0 amide bonds. The van der Waals surface area contributed by atoms with Gasteiger partial charge in [0.2, 0.25) is 0 Å². The lowest BCUT2D eigenvalue weighted by molar-refractivity contribution is -0.286. The number of hydrogen-bond acceptors (Lipinski definition) is 8. The van der Waals surface area contributed by atoms with Crippen LogP contribution in [0.3, 0.4) is 0 Å². The molecule has 9 nitrogen and oxygen atoms in total. The second kappa shape index (κ2) is 10.1. The Bertz CT molecular complexity index is 1580. The minimum atomic E-state index is -3.75. The van der Waals surface area contributed by atoms with Gasteiger partial charge in [-0.3, -0.25) is 4.79 Å². The summed E-state index contributed by atoms with van der Waals surface area (Å²) in [5, 5.41) is 13.8. The second-order valence-corrected chi connectivity index (χ2v) is 11.2. The van der Waals surface area contributed by atoms with Crippen LogP contribution in [0.4, 0.5) is 14.5 Å². The normalized spacial score (nSPS) is 20.3. The van der Waals surface area contributed by atoms with E-state index in [0.29, 0.717) is 40.8 Å². The lowest BCUT2D eigenvalue weighted by atomic mass is 9.80. The van der Waals surface area contributed by atoms with E-state index >= 15 is 0 Å². The number of anilines is 1. The van der Waals surface area contributed by atoms with E-state index in [1.807, 2.05) is 32.7 Å². The van der Waals surface area contributed by atoms with Gasteiger partial charge in [-0.15, -0.1) is 8.78 Å². The summed E-state index contributed by atoms with van der Waals surface area (Å²) in [5.41, 5.74) is 2.37. The summed E-state index contributed by atoms with van der Waals surface area (Å²) in [4.78, 5) is 25.0. The van der Waals surface area contributed by atoms with Crippen molar-refractivity contribution in [2.45, 2.75) is 64.4 Å². The van der Waals surface area contributed by atoms with Gasteiger partial charge in [-0.05, 0) is 70.7 Å². The van der Waals surface area contributed by atoms with E-state index in [1.165, 1.54) is 10.6 Å². The third kappa shape index (κ3) is 5.30. The maximum absolute atomic E-state index is 13.9. The lowest BCUT2D eigenvalue weighted by Gasteiger charge is -2.36. The zero-order valence-electron chi connectivity index (χ0n) is 23.1. The first-order valence-corrected chi connectivity index (χ1v) is 13.2. The van der Waals surface area contributed by atoms with E-state index in [0.717, 1.165) is 12.8 Å². The van der Waals surface area contributed by atoms with Gasteiger partial charge in [0, 0.05) is 37.7 Å². The smallest absolute Gasteiger partial charge is 0.395 e. The molecule has 2 aromatic heterocycles. The molecular formula is C29H31F2N5O4. The third-order valence-electron chi connectivity index (χ3n) is 7.32. The Labute approximate surface area is 230 Å². The van der Waals surface area contributed by atoms with Crippen LogP contribution in [0.5, 0.6) is 11.5 Å². The van der Waals surface area contributed by atoms with E-state index in [1.54, 1.807) is 37.4 Å². The number of alkyl halides is 2. The van der Waals surface area contributed by atoms with Crippen molar-refractivity contribution in [2.75, 3.05) is 11.9 Å². The predicted molar refractivity (Wildman–Crippen MR) is 146 cm³/mol. The van der Waals surface area contributed by atoms with Crippen molar-refractivity contribution < 1.29 is 23.1 Å². The summed E-state index contributed by atoms with van der Waals surface area (Å²) in [7, 11) is 3.61. The molecule has 1 saturated carbocycles. The van der Waals surface area contributed by atoms with Crippen molar-refractivity contribution in [1.29, 1.82) is 5.26 Å². The Morgan fingerprint density at radius 2 is 1.93 bits per heavy atom. The second-order valence-electron chi connectivity index (χ2n) is 11.2. The molecule has 1 aromatic carbocycles. The summed E-state index contributed by atoms with van der Waals surface area (Å²) in [6, 6.07) is 11.8. The number of fused-ring (bicyclic) bond motifs is 2. The first-order chi connectivity index (χ1) is 18.9. The number of nitriles is 1. The standard InChI is InChI=1S/C29H31F2N5O4/c1-28(2,3)40-34-25(20-7-6-8-23-27(20)39-29(30,31)38-23)17-9-12-19(13-10-17)35(4)22-15-24(37)36(5)21-14-11-18(16-32)33-26(21)22/h6-8,11,14-15,17,19H,9-10,12-13H2,1-5H3/b34-25-. The first kappa shape index (κ1) is 27.4. The number of ether oxygens (including phenoxy) is 2. The third-order valence-corrected chi connectivity index (χ3v) is 7.32. The molecule has 2 aliphatic rings. The number of hydrogen-bond donors (Lipinski definition) is 0. The van der Waals surface area contributed by atoms with Crippen molar-refractivity contribution in [3.8, 4) is 17.6 Å². The van der Waals surface area contributed by atoms with Gasteiger partial charge in [0.05, 0.1) is 16.9 Å². The van der Waals surface area contributed by atoms with E-state index in [2.05, 4.69) is 20.9 Å². The highest BCUT2D eigenvalue weighted by atomic mass is 19.3. The molecule has 0 spiro atoms. The number of oxime groups is 1. The number of pyridine rings is 2. The van der Waals surface area contributed by atoms with Crippen LogP contribution in [0.15, 0.2) is 46.3 Å². The summed E-state index contributed by atoms with van der Waals surface area (Å²) in [5.74, 6) is -0.171. The molecule has 0 unspecified atom stereocenters. The molecule has 1 aliphatic heterocycles. The summed E-state index contributed by atoms with van der Waals surface area (Å²) >= 11 is 0. The lowest BCUT2D eigenvalue weighted by Crippen LogP contribution is -2.38. The van der Waals surface area contributed by atoms with E-state index in [4.69, 9.17) is 9.57 Å². The zero-order chi connectivity index (χ0) is 28.8. The predicted octanol–water partition coefficient (Wildman–Crippen LogP) is 5.34. The molecule has 1 fully saturated rings. The van der Waals surface area contributed by atoms with Gasteiger partial charge in [-0.1, -0.05) is 11.2 Å². The molecule has 40 heavy (non-hydrogen) atoms. The van der Waals surface area contributed by atoms with Gasteiger partial charge in [0.25, 0.3) is 5.56 Å². The zero-order valence-corrected chi connectivity index (χ0v) is 23.1. The van der Waals surface area contributed by atoms with Crippen LogP contribution in [-0.2, 0) is 11.9 Å². The summed E-state index contributed by atoms with van der Waals surface area (Å²) in [6.45, 7) is 5.59. The van der Waals surface area contributed by atoms with Crippen LogP contribution in [0.25, 0.3) is 11.0 Å². The SMILES string of the molecule is CN(c1cc(=O)n(C)c2ccc(C#N)nc12)C1CCC(/C(=N/OC(C)(C)C)c2cccc3c2OC(F)(F)O3)CC1. The minimum Gasteiger partial charge on any atom is -0.395 e. The molecule has 0 bridgehead atoms. The Balaban J connectivity index is 1.43. The summed E-state index contributed by atoms with van der Waals surface area (Å²) < 4.78 is 38.9. The highest BCUT2D eigenvalue weighted by Gasteiger charge is 2.45. The number of halogens is 2. The van der Waals surface area contributed by atoms with Crippen LogP contribution < -0.4 is 19.9 Å². The van der Waals surface area contributed by atoms with Crippen molar-refractivity contribution >= 4 is 22.4 Å². The van der Waals surface area contributed by atoms with Crippen molar-refractivity contribution in [2.24, 2.45) is 18.1 Å². The minimum absolute atomic E-state index is 0.0406. The monoisotopic (exact) mass is 551 g/mol.